The molecule has 0 unspecified atom stereocenters. The quantitative estimate of drug-likeness (QED) is 0.438. The zero-order chi connectivity index (χ0) is 20.5. The summed E-state index contributed by atoms with van der Waals surface area (Å²) in [5.74, 6) is 0.858. The van der Waals surface area contributed by atoms with Crippen LogP contribution in [-0.2, 0) is 0 Å². The maximum Gasteiger partial charge on any atom is 0.255 e. The summed E-state index contributed by atoms with van der Waals surface area (Å²) in [5.41, 5.74) is 7.01. The molecule has 4 heteroatoms. The molecule has 0 bridgehead atoms. The van der Waals surface area contributed by atoms with Gasteiger partial charge < -0.3 is 9.73 Å². The number of nitrogens with one attached hydrogen (secondary N) is 1. The molecule has 1 heterocycles. The molecule has 1 N–H and O–H groups in total. The summed E-state index contributed by atoms with van der Waals surface area (Å²) in [7, 11) is 0. The highest BCUT2D eigenvalue weighted by Crippen LogP contribution is 2.29. The van der Waals surface area contributed by atoms with Gasteiger partial charge in [0.05, 0.1) is 0 Å². The van der Waals surface area contributed by atoms with Gasteiger partial charge in [0.2, 0.25) is 5.89 Å². The molecule has 4 rings (SSSR count). The van der Waals surface area contributed by atoms with Crippen molar-refractivity contribution < 1.29 is 9.21 Å². The summed E-state index contributed by atoms with van der Waals surface area (Å²) in [4.78, 5) is 17.4. The van der Waals surface area contributed by atoms with Crippen molar-refractivity contribution in [3.05, 3.63) is 82.9 Å². The molecule has 4 nitrogen and oxygen atoms in total. The summed E-state index contributed by atoms with van der Waals surface area (Å²) in [6.07, 6.45) is 0. The summed E-state index contributed by atoms with van der Waals surface area (Å²) in [6.45, 7) is 8.22. The number of rotatable bonds is 4. The average molecular weight is 384 g/mol. The molecule has 146 valence electrons. The number of anilines is 1. The second-order valence-electron chi connectivity index (χ2n) is 7.70. The molecule has 3 aromatic carbocycles. The van der Waals surface area contributed by atoms with E-state index in [0.717, 1.165) is 33.5 Å². The number of fused-ring (bicyclic) bond motifs is 1. The maximum atomic E-state index is 12.7. The van der Waals surface area contributed by atoms with Gasteiger partial charge in [-0.15, -0.1) is 0 Å². The van der Waals surface area contributed by atoms with Gasteiger partial charge in [0, 0.05) is 16.8 Å². The zero-order valence-corrected chi connectivity index (χ0v) is 17.1. The number of carbonyl (C=O) groups is 1. The molecule has 0 atom stereocenters. The fourth-order valence-corrected chi connectivity index (χ4v) is 3.33. The first-order chi connectivity index (χ1) is 13.9. The third-order valence-corrected chi connectivity index (χ3v) is 5.20. The summed E-state index contributed by atoms with van der Waals surface area (Å²) < 4.78 is 5.97. The predicted molar refractivity (Wildman–Crippen MR) is 117 cm³/mol. The number of nitrogens with zero attached hydrogens (tertiary/aromatic N) is 1. The first-order valence-corrected chi connectivity index (χ1v) is 9.81. The van der Waals surface area contributed by atoms with E-state index in [9.17, 15) is 4.79 Å². The van der Waals surface area contributed by atoms with Crippen molar-refractivity contribution in [2.24, 2.45) is 0 Å². The Kier molecular flexibility index (Phi) is 4.93. The van der Waals surface area contributed by atoms with Crippen LogP contribution < -0.4 is 5.32 Å². The van der Waals surface area contributed by atoms with E-state index < -0.39 is 0 Å². The van der Waals surface area contributed by atoms with Gasteiger partial charge in [0.25, 0.3) is 5.91 Å². The van der Waals surface area contributed by atoms with Crippen molar-refractivity contribution in [3.8, 4) is 11.5 Å². The van der Waals surface area contributed by atoms with Gasteiger partial charge in [0.1, 0.15) is 5.52 Å². The molecule has 0 aliphatic heterocycles. The Hall–Kier alpha value is -3.40. The van der Waals surface area contributed by atoms with E-state index in [1.165, 1.54) is 5.56 Å². The first-order valence-electron chi connectivity index (χ1n) is 9.81. The van der Waals surface area contributed by atoms with E-state index >= 15 is 0 Å². The third kappa shape index (κ3) is 3.79. The van der Waals surface area contributed by atoms with Crippen LogP contribution in [0.3, 0.4) is 0 Å². The molecular formula is C25H24N2O2. The predicted octanol–water partition coefficient (Wildman–Crippen LogP) is 6.49. The molecule has 1 aromatic heterocycles. The van der Waals surface area contributed by atoms with Crippen LogP contribution in [0, 0.1) is 13.8 Å². The number of carbonyl (C=O) groups excluding carboxylic acids is 1. The molecule has 0 saturated heterocycles. The first kappa shape index (κ1) is 18.9. The van der Waals surface area contributed by atoms with Crippen LogP contribution in [0.5, 0.6) is 0 Å². The van der Waals surface area contributed by atoms with Crippen molar-refractivity contribution in [1.82, 2.24) is 4.98 Å². The Morgan fingerprint density at radius 2 is 1.76 bits per heavy atom. The Morgan fingerprint density at radius 3 is 2.52 bits per heavy atom. The van der Waals surface area contributed by atoms with Crippen LogP contribution in [0.2, 0.25) is 0 Å². The normalized spacial score (nSPS) is 11.2. The molecule has 0 radical (unpaired) electrons. The minimum atomic E-state index is -0.123. The monoisotopic (exact) mass is 384 g/mol. The van der Waals surface area contributed by atoms with Crippen LogP contribution in [0.1, 0.15) is 46.8 Å². The van der Waals surface area contributed by atoms with Crippen LogP contribution in [-0.4, -0.2) is 10.9 Å². The highest BCUT2D eigenvalue weighted by molar-refractivity contribution is 6.05. The number of aromatic nitrogens is 1. The smallest absolute Gasteiger partial charge is 0.255 e. The van der Waals surface area contributed by atoms with Crippen molar-refractivity contribution in [2.45, 2.75) is 33.6 Å². The topological polar surface area (TPSA) is 55.1 Å². The van der Waals surface area contributed by atoms with E-state index in [4.69, 9.17) is 4.42 Å². The van der Waals surface area contributed by atoms with Crippen molar-refractivity contribution in [3.63, 3.8) is 0 Å². The van der Waals surface area contributed by atoms with E-state index in [1.807, 2.05) is 62.4 Å². The number of hydrogen-bond donors (Lipinski definition) is 1. The van der Waals surface area contributed by atoms with Gasteiger partial charge >= 0.3 is 0 Å². The molecule has 4 aromatic rings. The summed E-state index contributed by atoms with van der Waals surface area (Å²) in [6, 6.07) is 19.5. The Labute approximate surface area is 170 Å². The van der Waals surface area contributed by atoms with Gasteiger partial charge in [-0.2, -0.15) is 0 Å². The number of aryl methyl sites for hydroxylation is 2. The molecule has 0 saturated carbocycles. The van der Waals surface area contributed by atoms with Crippen LogP contribution in [0.15, 0.2) is 65.1 Å². The Morgan fingerprint density at radius 1 is 0.966 bits per heavy atom. The molecular weight excluding hydrogens is 360 g/mol. The largest absolute Gasteiger partial charge is 0.436 e. The number of hydrogen-bond acceptors (Lipinski definition) is 3. The SMILES string of the molecule is Cc1ccc(-c2nc3cc(C(C)C)ccc3o2)cc1NC(=O)c1ccccc1C. The molecule has 29 heavy (non-hydrogen) atoms. The van der Waals surface area contributed by atoms with Crippen molar-refractivity contribution >= 4 is 22.7 Å². The highest BCUT2D eigenvalue weighted by atomic mass is 16.3. The van der Waals surface area contributed by atoms with E-state index in [1.54, 1.807) is 0 Å². The summed E-state index contributed by atoms with van der Waals surface area (Å²) >= 11 is 0. The van der Waals surface area contributed by atoms with Crippen LogP contribution >= 0.6 is 0 Å². The van der Waals surface area contributed by atoms with Gasteiger partial charge in [-0.3, -0.25) is 4.79 Å². The minimum Gasteiger partial charge on any atom is -0.436 e. The number of oxazole rings is 1. The molecule has 0 spiro atoms. The van der Waals surface area contributed by atoms with E-state index in [2.05, 4.69) is 36.3 Å². The van der Waals surface area contributed by atoms with Gasteiger partial charge in [-0.1, -0.05) is 44.2 Å². The van der Waals surface area contributed by atoms with Crippen LogP contribution in [0.25, 0.3) is 22.6 Å². The molecule has 0 aliphatic carbocycles. The zero-order valence-electron chi connectivity index (χ0n) is 17.1. The number of benzene rings is 3. The lowest BCUT2D eigenvalue weighted by Gasteiger charge is -2.11. The lowest BCUT2D eigenvalue weighted by molar-refractivity contribution is 0.102. The van der Waals surface area contributed by atoms with Crippen LogP contribution in [0.4, 0.5) is 5.69 Å². The lowest BCUT2D eigenvalue weighted by Crippen LogP contribution is -2.14. The second-order valence-corrected chi connectivity index (χ2v) is 7.70. The van der Waals surface area contributed by atoms with Crippen molar-refractivity contribution in [1.29, 1.82) is 0 Å². The van der Waals surface area contributed by atoms with Gasteiger partial charge in [-0.05, 0) is 66.8 Å². The Bertz CT molecular complexity index is 1200. The molecule has 0 fully saturated rings. The third-order valence-electron chi connectivity index (χ3n) is 5.20. The molecule has 1 amide bonds. The average Bonchev–Trinajstić information content (AvgIpc) is 3.13. The second kappa shape index (κ2) is 7.55. The molecule has 0 aliphatic rings. The fourth-order valence-electron chi connectivity index (χ4n) is 3.33. The Balaban J connectivity index is 1.67. The standard InChI is InChI=1S/C25H24N2O2/c1-15(2)18-11-12-23-22(13-18)27-25(29-23)19-10-9-17(4)21(14-19)26-24(28)20-8-6-5-7-16(20)3/h5-15H,1-4H3,(H,26,28). The highest BCUT2D eigenvalue weighted by Gasteiger charge is 2.14. The van der Waals surface area contributed by atoms with E-state index in [-0.39, 0.29) is 5.91 Å². The number of amides is 1. The minimum absolute atomic E-state index is 0.123. The lowest BCUT2D eigenvalue weighted by atomic mass is 10.0. The van der Waals surface area contributed by atoms with Crippen molar-refractivity contribution in [2.75, 3.05) is 5.32 Å². The maximum absolute atomic E-state index is 12.7. The van der Waals surface area contributed by atoms with Gasteiger partial charge in [0.15, 0.2) is 5.58 Å². The fraction of sp³-hybridized carbons (Fsp3) is 0.200. The van der Waals surface area contributed by atoms with E-state index in [0.29, 0.717) is 17.4 Å². The summed E-state index contributed by atoms with van der Waals surface area (Å²) in [5, 5.41) is 3.03. The van der Waals surface area contributed by atoms with Gasteiger partial charge in [-0.25, -0.2) is 4.98 Å².